The standard InChI is InChI=1S/C22H28FN3O2/c1-17(22(27)24-15-18-6-4-3-5-7-18)26-12-10-25(11-13-26)16-19-8-9-21(28-2)20(23)14-19/h3-9,14,17H,10-13,15-16H2,1-2H3,(H,24,27)/t17-/m1/s1. The normalized spacial score (nSPS) is 16.5. The number of methoxy groups -OCH3 is 1. The zero-order chi connectivity index (χ0) is 19.9. The number of hydrogen-bond acceptors (Lipinski definition) is 4. The van der Waals surface area contributed by atoms with Gasteiger partial charge < -0.3 is 10.1 Å². The molecule has 0 aliphatic carbocycles. The Bertz CT molecular complexity index is 777. The van der Waals surface area contributed by atoms with E-state index in [2.05, 4.69) is 15.1 Å². The third-order valence-electron chi connectivity index (χ3n) is 5.27. The number of carbonyl (C=O) groups is 1. The van der Waals surface area contributed by atoms with Gasteiger partial charge in [0.1, 0.15) is 0 Å². The molecule has 3 rings (SSSR count). The Balaban J connectivity index is 1.45. The second-order valence-electron chi connectivity index (χ2n) is 7.16. The molecule has 0 saturated carbocycles. The lowest BCUT2D eigenvalue weighted by atomic mass is 10.1. The van der Waals surface area contributed by atoms with E-state index in [1.165, 1.54) is 13.2 Å². The van der Waals surface area contributed by atoms with E-state index in [-0.39, 0.29) is 23.5 Å². The zero-order valence-electron chi connectivity index (χ0n) is 16.5. The lowest BCUT2D eigenvalue weighted by Gasteiger charge is -2.37. The molecule has 0 bridgehead atoms. The first-order chi connectivity index (χ1) is 13.6. The van der Waals surface area contributed by atoms with Gasteiger partial charge in [0.2, 0.25) is 5.91 Å². The van der Waals surface area contributed by atoms with Crippen LogP contribution < -0.4 is 10.1 Å². The number of halogens is 1. The summed E-state index contributed by atoms with van der Waals surface area (Å²) in [4.78, 5) is 17.0. The van der Waals surface area contributed by atoms with Crippen LogP contribution in [-0.4, -0.2) is 55.0 Å². The summed E-state index contributed by atoms with van der Waals surface area (Å²) in [6, 6.07) is 14.9. The molecule has 150 valence electrons. The molecule has 0 spiro atoms. The Kier molecular flexibility index (Phi) is 7.01. The summed E-state index contributed by atoms with van der Waals surface area (Å²) in [7, 11) is 1.47. The molecule has 6 heteroatoms. The van der Waals surface area contributed by atoms with Gasteiger partial charge in [-0.2, -0.15) is 0 Å². The molecule has 1 saturated heterocycles. The van der Waals surface area contributed by atoms with Crippen LogP contribution in [0.3, 0.4) is 0 Å². The minimum Gasteiger partial charge on any atom is -0.494 e. The summed E-state index contributed by atoms with van der Waals surface area (Å²) in [5.74, 6) is -0.0132. The second-order valence-corrected chi connectivity index (χ2v) is 7.16. The van der Waals surface area contributed by atoms with Gasteiger partial charge >= 0.3 is 0 Å². The van der Waals surface area contributed by atoms with Gasteiger partial charge in [-0.25, -0.2) is 4.39 Å². The third-order valence-corrected chi connectivity index (χ3v) is 5.27. The molecule has 1 aliphatic rings. The summed E-state index contributed by atoms with van der Waals surface area (Å²) in [6.45, 7) is 6.54. The summed E-state index contributed by atoms with van der Waals surface area (Å²) in [6.07, 6.45) is 0. The fourth-order valence-electron chi connectivity index (χ4n) is 3.47. The maximum atomic E-state index is 13.9. The topological polar surface area (TPSA) is 44.8 Å². The van der Waals surface area contributed by atoms with Crippen LogP contribution in [0.1, 0.15) is 18.1 Å². The molecule has 0 unspecified atom stereocenters. The SMILES string of the molecule is COc1ccc(CN2CCN([C@H](C)C(=O)NCc3ccccc3)CC2)cc1F. The molecule has 1 aliphatic heterocycles. The van der Waals surface area contributed by atoms with Crippen molar-refractivity contribution in [1.29, 1.82) is 0 Å². The highest BCUT2D eigenvalue weighted by molar-refractivity contribution is 5.81. The largest absolute Gasteiger partial charge is 0.494 e. The molecule has 1 amide bonds. The van der Waals surface area contributed by atoms with Gasteiger partial charge in [0.25, 0.3) is 0 Å². The van der Waals surface area contributed by atoms with Crippen molar-refractivity contribution in [3.05, 3.63) is 65.5 Å². The van der Waals surface area contributed by atoms with E-state index in [1.807, 2.05) is 43.3 Å². The molecule has 2 aromatic rings. The molecule has 1 atom stereocenters. The lowest BCUT2D eigenvalue weighted by Crippen LogP contribution is -2.53. The van der Waals surface area contributed by atoms with Crippen LogP contribution in [0.15, 0.2) is 48.5 Å². The monoisotopic (exact) mass is 385 g/mol. The van der Waals surface area contributed by atoms with Crippen LogP contribution in [0.5, 0.6) is 5.75 Å². The highest BCUT2D eigenvalue weighted by Gasteiger charge is 2.25. The average molecular weight is 385 g/mol. The number of nitrogens with zero attached hydrogens (tertiary/aromatic N) is 2. The van der Waals surface area contributed by atoms with Gasteiger partial charge in [-0.3, -0.25) is 14.6 Å². The van der Waals surface area contributed by atoms with Crippen molar-refractivity contribution in [3.8, 4) is 5.75 Å². The van der Waals surface area contributed by atoms with Crippen molar-refractivity contribution in [3.63, 3.8) is 0 Å². The van der Waals surface area contributed by atoms with Gasteiger partial charge in [-0.05, 0) is 30.2 Å². The van der Waals surface area contributed by atoms with Crippen LogP contribution >= 0.6 is 0 Å². The number of benzene rings is 2. The number of carbonyl (C=O) groups excluding carboxylic acids is 1. The Morgan fingerprint density at radius 2 is 1.82 bits per heavy atom. The average Bonchev–Trinajstić information content (AvgIpc) is 2.73. The van der Waals surface area contributed by atoms with Crippen molar-refractivity contribution in [2.24, 2.45) is 0 Å². The number of amides is 1. The zero-order valence-corrected chi connectivity index (χ0v) is 16.5. The Morgan fingerprint density at radius 3 is 2.46 bits per heavy atom. The molecule has 28 heavy (non-hydrogen) atoms. The minimum absolute atomic E-state index is 0.0505. The van der Waals surface area contributed by atoms with Gasteiger partial charge in [-0.1, -0.05) is 36.4 Å². The summed E-state index contributed by atoms with van der Waals surface area (Å²) < 4.78 is 18.8. The van der Waals surface area contributed by atoms with Crippen molar-refractivity contribution in [1.82, 2.24) is 15.1 Å². The van der Waals surface area contributed by atoms with Gasteiger partial charge in [0.05, 0.1) is 13.2 Å². The van der Waals surface area contributed by atoms with Crippen LogP contribution in [0.4, 0.5) is 4.39 Å². The fourth-order valence-corrected chi connectivity index (χ4v) is 3.47. The molecule has 0 aromatic heterocycles. The predicted molar refractivity (Wildman–Crippen MR) is 108 cm³/mol. The third kappa shape index (κ3) is 5.30. The quantitative estimate of drug-likeness (QED) is 0.796. The lowest BCUT2D eigenvalue weighted by molar-refractivity contribution is -0.126. The summed E-state index contributed by atoms with van der Waals surface area (Å²) in [5, 5.41) is 3.02. The second kappa shape index (κ2) is 9.66. The molecular formula is C22H28FN3O2. The van der Waals surface area contributed by atoms with Gasteiger partial charge in [-0.15, -0.1) is 0 Å². The maximum Gasteiger partial charge on any atom is 0.237 e. The first-order valence-electron chi connectivity index (χ1n) is 9.67. The highest BCUT2D eigenvalue weighted by atomic mass is 19.1. The van der Waals surface area contributed by atoms with E-state index in [0.29, 0.717) is 13.1 Å². The van der Waals surface area contributed by atoms with Crippen LogP contribution in [0.2, 0.25) is 0 Å². The number of hydrogen-bond donors (Lipinski definition) is 1. The van der Waals surface area contributed by atoms with E-state index in [4.69, 9.17) is 4.74 Å². The molecule has 1 N–H and O–H groups in total. The molecule has 2 aromatic carbocycles. The van der Waals surface area contributed by atoms with Crippen LogP contribution in [0, 0.1) is 5.82 Å². The predicted octanol–water partition coefficient (Wildman–Crippen LogP) is 2.66. The molecule has 5 nitrogen and oxygen atoms in total. The fraction of sp³-hybridized carbons (Fsp3) is 0.409. The highest BCUT2D eigenvalue weighted by Crippen LogP contribution is 2.19. The Labute approximate surface area is 166 Å². The number of piperazine rings is 1. The summed E-state index contributed by atoms with van der Waals surface area (Å²) >= 11 is 0. The van der Waals surface area contributed by atoms with Crippen molar-refractivity contribution in [2.75, 3.05) is 33.3 Å². The van der Waals surface area contributed by atoms with E-state index in [9.17, 15) is 9.18 Å². The molecule has 1 heterocycles. The van der Waals surface area contributed by atoms with E-state index in [0.717, 1.165) is 37.3 Å². The first-order valence-corrected chi connectivity index (χ1v) is 9.67. The van der Waals surface area contributed by atoms with Gasteiger partial charge in [0.15, 0.2) is 11.6 Å². The van der Waals surface area contributed by atoms with Crippen LogP contribution in [-0.2, 0) is 17.9 Å². The molecule has 0 radical (unpaired) electrons. The summed E-state index contributed by atoms with van der Waals surface area (Å²) in [5.41, 5.74) is 2.03. The van der Waals surface area contributed by atoms with E-state index < -0.39 is 0 Å². The minimum atomic E-state index is -0.331. The molecule has 1 fully saturated rings. The number of rotatable bonds is 7. The van der Waals surface area contributed by atoms with Crippen molar-refractivity contribution < 1.29 is 13.9 Å². The maximum absolute atomic E-state index is 13.9. The Hall–Kier alpha value is -2.44. The van der Waals surface area contributed by atoms with Crippen molar-refractivity contribution >= 4 is 5.91 Å². The Morgan fingerprint density at radius 1 is 1.11 bits per heavy atom. The first kappa shape index (κ1) is 20.3. The smallest absolute Gasteiger partial charge is 0.237 e. The number of nitrogens with one attached hydrogen (secondary N) is 1. The van der Waals surface area contributed by atoms with E-state index >= 15 is 0 Å². The van der Waals surface area contributed by atoms with Gasteiger partial charge in [0, 0.05) is 39.3 Å². The molecular weight excluding hydrogens is 357 g/mol. The number of ether oxygens (including phenoxy) is 1. The van der Waals surface area contributed by atoms with Crippen molar-refractivity contribution in [2.45, 2.75) is 26.1 Å². The van der Waals surface area contributed by atoms with Crippen LogP contribution in [0.25, 0.3) is 0 Å². The van der Waals surface area contributed by atoms with E-state index in [1.54, 1.807) is 6.07 Å².